The Morgan fingerprint density at radius 2 is 2.23 bits per heavy atom. The van der Waals surface area contributed by atoms with Crippen molar-refractivity contribution >= 4 is 11.8 Å². The summed E-state index contributed by atoms with van der Waals surface area (Å²) in [5, 5.41) is 3.70. The third-order valence-corrected chi connectivity index (χ3v) is 3.98. The van der Waals surface area contributed by atoms with E-state index in [0.29, 0.717) is 0 Å². The summed E-state index contributed by atoms with van der Waals surface area (Å²) in [6.45, 7) is 5.74. The molecule has 1 aliphatic heterocycles. The first-order valence-corrected chi connectivity index (χ1v) is 6.85. The minimum atomic E-state index is 0.806. The second-order valence-corrected chi connectivity index (χ2v) is 5.12. The Balaban J connectivity index is 2.26. The van der Waals surface area contributed by atoms with Crippen LogP contribution < -0.4 is 5.32 Å². The number of thioether (sulfide) groups is 1. The largest absolute Gasteiger partial charge is 0.314 e. The second-order valence-electron chi connectivity index (χ2n) is 3.97. The number of hydrogen-bond donors (Lipinski definition) is 1. The highest BCUT2D eigenvalue weighted by Crippen LogP contribution is 2.27. The van der Waals surface area contributed by atoms with Gasteiger partial charge in [0.25, 0.3) is 0 Å². The molecule has 1 nitrogen and oxygen atoms in total. The molecular weight excluding hydrogens is 178 g/mol. The van der Waals surface area contributed by atoms with E-state index in [2.05, 4.69) is 30.9 Å². The highest BCUT2D eigenvalue weighted by atomic mass is 32.2. The molecule has 0 aromatic carbocycles. The number of hydrogen-bond acceptors (Lipinski definition) is 2. The summed E-state index contributed by atoms with van der Waals surface area (Å²) in [5.74, 6) is 3.73. The van der Waals surface area contributed by atoms with Crippen molar-refractivity contribution in [2.24, 2.45) is 5.92 Å². The highest BCUT2D eigenvalue weighted by molar-refractivity contribution is 7.99. The smallest absolute Gasteiger partial charge is 0.0103 e. The van der Waals surface area contributed by atoms with Gasteiger partial charge in [0.1, 0.15) is 0 Å². The first-order chi connectivity index (χ1) is 6.38. The summed E-state index contributed by atoms with van der Waals surface area (Å²) in [6.07, 6.45) is 5.39. The van der Waals surface area contributed by atoms with Gasteiger partial charge in [-0.05, 0) is 43.2 Å². The Bertz CT molecular complexity index is 121. The van der Waals surface area contributed by atoms with Crippen molar-refractivity contribution in [2.45, 2.75) is 45.6 Å². The molecule has 1 fully saturated rings. The van der Waals surface area contributed by atoms with Gasteiger partial charge in [-0.2, -0.15) is 11.8 Å². The van der Waals surface area contributed by atoms with Gasteiger partial charge in [-0.15, -0.1) is 0 Å². The van der Waals surface area contributed by atoms with E-state index in [1.54, 1.807) is 0 Å². The van der Waals surface area contributed by atoms with Crippen molar-refractivity contribution in [3.8, 4) is 0 Å². The summed E-state index contributed by atoms with van der Waals surface area (Å²) in [5.41, 5.74) is 0. The van der Waals surface area contributed by atoms with Crippen LogP contribution in [0, 0.1) is 5.92 Å². The van der Waals surface area contributed by atoms with Gasteiger partial charge in [0.05, 0.1) is 0 Å². The van der Waals surface area contributed by atoms with Gasteiger partial charge in [0.2, 0.25) is 0 Å². The van der Waals surface area contributed by atoms with E-state index in [9.17, 15) is 0 Å². The van der Waals surface area contributed by atoms with Crippen LogP contribution in [0.3, 0.4) is 0 Å². The molecule has 2 heteroatoms. The summed E-state index contributed by atoms with van der Waals surface area (Å²) in [7, 11) is 0. The fraction of sp³-hybridized carbons (Fsp3) is 1.00. The van der Waals surface area contributed by atoms with Crippen molar-refractivity contribution < 1.29 is 0 Å². The Kier molecular flexibility index (Phi) is 5.88. The van der Waals surface area contributed by atoms with Crippen molar-refractivity contribution in [1.29, 1.82) is 0 Å². The second kappa shape index (κ2) is 6.72. The predicted octanol–water partition coefficient (Wildman–Crippen LogP) is 2.91. The van der Waals surface area contributed by atoms with Crippen LogP contribution in [0.15, 0.2) is 0 Å². The van der Waals surface area contributed by atoms with Gasteiger partial charge < -0.3 is 5.32 Å². The maximum absolute atomic E-state index is 3.70. The highest BCUT2D eigenvalue weighted by Gasteiger charge is 2.23. The summed E-state index contributed by atoms with van der Waals surface area (Å²) < 4.78 is 0. The maximum Gasteiger partial charge on any atom is 0.0103 e. The first-order valence-electron chi connectivity index (χ1n) is 5.69. The van der Waals surface area contributed by atoms with Crippen LogP contribution in [0.25, 0.3) is 0 Å². The van der Waals surface area contributed by atoms with E-state index in [1.165, 1.54) is 43.7 Å². The number of rotatable bonds is 6. The van der Waals surface area contributed by atoms with Crippen molar-refractivity contribution in [3.05, 3.63) is 0 Å². The van der Waals surface area contributed by atoms with Crippen molar-refractivity contribution in [2.75, 3.05) is 18.1 Å². The van der Waals surface area contributed by atoms with E-state index in [-0.39, 0.29) is 0 Å². The van der Waals surface area contributed by atoms with Crippen LogP contribution in [-0.2, 0) is 0 Å². The molecule has 0 spiro atoms. The monoisotopic (exact) mass is 201 g/mol. The zero-order valence-corrected chi connectivity index (χ0v) is 9.83. The first kappa shape index (κ1) is 11.4. The summed E-state index contributed by atoms with van der Waals surface area (Å²) >= 11 is 2.13. The SMILES string of the molecule is CCCNC(CCC)C1CCSC1. The minimum Gasteiger partial charge on any atom is -0.314 e. The number of nitrogens with one attached hydrogen (secondary N) is 1. The minimum absolute atomic E-state index is 0.806. The van der Waals surface area contributed by atoms with Crippen molar-refractivity contribution in [1.82, 2.24) is 5.32 Å². The fourth-order valence-electron chi connectivity index (χ4n) is 2.02. The molecule has 0 aromatic rings. The van der Waals surface area contributed by atoms with Gasteiger partial charge >= 0.3 is 0 Å². The molecule has 0 saturated carbocycles. The van der Waals surface area contributed by atoms with Crippen LogP contribution in [0.2, 0.25) is 0 Å². The van der Waals surface area contributed by atoms with Crippen LogP contribution in [0.5, 0.6) is 0 Å². The standard InChI is InChI=1S/C11H23NS/c1-3-5-11(12-7-4-2)10-6-8-13-9-10/h10-12H,3-9H2,1-2H3. The third kappa shape index (κ3) is 3.90. The Labute approximate surface area is 87.1 Å². The lowest BCUT2D eigenvalue weighted by Gasteiger charge is -2.23. The van der Waals surface area contributed by atoms with E-state index >= 15 is 0 Å². The van der Waals surface area contributed by atoms with Crippen LogP contribution in [-0.4, -0.2) is 24.1 Å². The van der Waals surface area contributed by atoms with Gasteiger partial charge in [-0.1, -0.05) is 20.3 Å². The molecule has 1 N–H and O–H groups in total. The molecule has 0 aliphatic carbocycles. The molecule has 1 rings (SSSR count). The van der Waals surface area contributed by atoms with Crippen LogP contribution >= 0.6 is 11.8 Å². The van der Waals surface area contributed by atoms with E-state index in [4.69, 9.17) is 0 Å². The molecule has 0 radical (unpaired) electrons. The molecule has 0 amide bonds. The Morgan fingerprint density at radius 1 is 1.38 bits per heavy atom. The molecule has 1 aliphatic rings. The molecule has 0 bridgehead atoms. The average molecular weight is 201 g/mol. The molecule has 0 aromatic heterocycles. The fourth-order valence-corrected chi connectivity index (χ4v) is 3.35. The topological polar surface area (TPSA) is 12.0 Å². The lowest BCUT2D eigenvalue weighted by molar-refractivity contribution is 0.360. The van der Waals surface area contributed by atoms with E-state index < -0.39 is 0 Å². The molecule has 1 heterocycles. The summed E-state index contributed by atoms with van der Waals surface area (Å²) in [6, 6.07) is 0.806. The third-order valence-electron chi connectivity index (χ3n) is 2.79. The lowest BCUT2D eigenvalue weighted by atomic mass is 9.95. The van der Waals surface area contributed by atoms with Gasteiger partial charge in [0, 0.05) is 6.04 Å². The van der Waals surface area contributed by atoms with Crippen LogP contribution in [0.4, 0.5) is 0 Å². The van der Waals surface area contributed by atoms with Gasteiger partial charge in [-0.3, -0.25) is 0 Å². The van der Waals surface area contributed by atoms with E-state index in [1.807, 2.05) is 0 Å². The molecular formula is C11H23NS. The Hall–Kier alpha value is 0.310. The molecule has 78 valence electrons. The quantitative estimate of drug-likeness (QED) is 0.709. The maximum atomic E-state index is 3.70. The normalized spacial score (nSPS) is 24.9. The molecule has 2 atom stereocenters. The van der Waals surface area contributed by atoms with Gasteiger partial charge in [-0.25, -0.2) is 0 Å². The van der Waals surface area contributed by atoms with Crippen molar-refractivity contribution in [3.63, 3.8) is 0 Å². The molecule has 2 unspecified atom stereocenters. The Morgan fingerprint density at radius 3 is 2.77 bits per heavy atom. The van der Waals surface area contributed by atoms with Crippen LogP contribution in [0.1, 0.15) is 39.5 Å². The molecule has 1 saturated heterocycles. The zero-order valence-electron chi connectivity index (χ0n) is 9.01. The molecule has 13 heavy (non-hydrogen) atoms. The van der Waals surface area contributed by atoms with E-state index in [0.717, 1.165) is 12.0 Å². The summed E-state index contributed by atoms with van der Waals surface area (Å²) in [4.78, 5) is 0. The lowest BCUT2D eigenvalue weighted by Crippen LogP contribution is -2.36. The average Bonchev–Trinajstić information content (AvgIpc) is 2.65. The van der Waals surface area contributed by atoms with Gasteiger partial charge in [0.15, 0.2) is 0 Å². The predicted molar refractivity (Wildman–Crippen MR) is 62.4 cm³/mol. The zero-order chi connectivity index (χ0) is 9.52.